The summed E-state index contributed by atoms with van der Waals surface area (Å²) in [6, 6.07) is 4.27. The number of nitrogen functional groups attached to an aromatic ring is 1. The zero-order valence-electron chi connectivity index (χ0n) is 9.91. The molecule has 2 aromatic rings. The molecule has 0 radical (unpaired) electrons. The number of hydrogen-bond acceptors (Lipinski definition) is 4. The van der Waals surface area contributed by atoms with E-state index in [0.29, 0.717) is 11.7 Å². The summed E-state index contributed by atoms with van der Waals surface area (Å²) in [5.74, 6) is 0.958. The number of fused-ring (bicyclic) bond motifs is 3. The lowest BCUT2D eigenvalue weighted by Gasteiger charge is -2.11. The summed E-state index contributed by atoms with van der Waals surface area (Å²) >= 11 is 1.57. The van der Waals surface area contributed by atoms with Crippen LogP contribution in [0.5, 0.6) is 5.75 Å². The van der Waals surface area contributed by atoms with Crippen molar-refractivity contribution in [1.82, 2.24) is 4.98 Å². The van der Waals surface area contributed by atoms with E-state index in [9.17, 15) is 0 Å². The van der Waals surface area contributed by atoms with Gasteiger partial charge in [0, 0.05) is 16.9 Å². The highest BCUT2D eigenvalue weighted by Gasteiger charge is 2.21. The molecule has 0 amide bonds. The van der Waals surface area contributed by atoms with Gasteiger partial charge in [0.1, 0.15) is 5.75 Å². The Labute approximate surface area is 104 Å². The summed E-state index contributed by atoms with van der Waals surface area (Å²) in [6.07, 6.45) is 0.886. The van der Waals surface area contributed by atoms with Crippen LogP contribution in [0.2, 0.25) is 0 Å². The quantitative estimate of drug-likeness (QED) is 0.777. The smallest absolute Gasteiger partial charge is 0.180 e. The molecule has 4 heteroatoms. The number of ether oxygens (including phenoxy) is 1. The maximum atomic E-state index is 5.84. The van der Waals surface area contributed by atoms with E-state index < -0.39 is 0 Å². The number of benzene rings is 1. The fourth-order valence-electron chi connectivity index (χ4n) is 2.32. The molecule has 0 spiro atoms. The Balaban J connectivity index is 2.31. The van der Waals surface area contributed by atoms with E-state index in [2.05, 4.69) is 31.0 Å². The SMILES string of the molecule is Cc1cc(C)c2c(c1)-c1nc(N)sc1CCO2. The van der Waals surface area contributed by atoms with E-state index in [1.165, 1.54) is 16.0 Å². The van der Waals surface area contributed by atoms with Gasteiger partial charge < -0.3 is 10.5 Å². The minimum Gasteiger partial charge on any atom is -0.492 e. The van der Waals surface area contributed by atoms with Gasteiger partial charge in [0.25, 0.3) is 0 Å². The summed E-state index contributed by atoms with van der Waals surface area (Å²) in [5.41, 5.74) is 10.3. The van der Waals surface area contributed by atoms with Gasteiger partial charge in [-0.25, -0.2) is 4.98 Å². The zero-order valence-corrected chi connectivity index (χ0v) is 10.7. The van der Waals surface area contributed by atoms with Gasteiger partial charge in [-0.1, -0.05) is 6.07 Å². The molecule has 0 saturated heterocycles. The summed E-state index contributed by atoms with van der Waals surface area (Å²) in [5, 5.41) is 0.641. The standard InChI is InChI=1S/C13H14N2OS/c1-7-5-8(2)12-9(6-7)11-10(3-4-16-12)17-13(14)15-11/h5-6H,3-4H2,1-2H3,(H2,14,15). The van der Waals surface area contributed by atoms with Gasteiger partial charge in [0.15, 0.2) is 5.13 Å². The van der Waals surface area contributed by atoms with Crippen LogP contribution in [-0.4, -0.2) is 11.6 Å². The first-order valence-electron chi connectivity index (χ1n) is 5.65. The molecule has 0 saturated carbocycles. The molecule has 17 heavy (non-hydrogen) atoms. The third kappa shape index (κ3) is 1.69. The van der Waals surface area contributed by atoms with Crippen LogP contribution < -0.4 is 10.5 Å². The molecule has 1 aliphatic rings. The van der Waals surface area contributed by atoms with Gasteiger partial charge in [-0.15, -0.1) is 11.3 Å². The van der Waals surface area contributed by atoms with E-state index in [1.807, 2.05) is 0 Å². The fourth-order valence-corrected chi connectivity index (χ4v) is 3.14. The Morgan fingerprint density at radius 2 is 2.18 bits per heavy atom. The van der Waals surface area contributed by atoms with Crippen LogP contribution in [0.4, 0.5) is 5.13 Å². The van der Waals surface area contributed by atoms with Gasteiger partial charge in [-0.05, 0) is 31.0 Å². The van der Waals surface area contributed by atoms with Crippen molar-refractivity contribution in [3.05, 3.63) is 28.1 Å². The minimum absolute atomic E-state index is 0.641. The van der Waals surface area contributed by atoms with Crippen molar-refractivity contribution in [2.45, 2.75) is 20.3 Å². The molecule has 0 atom stereocenters. The third-order valence-electron chi connectivity index (χ3n) is 2.96. The van der Waals surface area contributed by atoms with Gasteiger partial charge in [-0.2, -0.15) is 0 Å². The van der Waals surface area contributed by atoms with E-state index in [4.69, 9.17) is 10.5 Å². The molecule has 0 aliphatic carbocycles. The average molecular weight is 246 g/mol. The van der Waals surface area contributed by atoms with Crippen molar-refractivity contribution in [1.29, 1.82) is 0 Å². The van der Waals surface area contributed by atoms with Crippen molar-refractivity contribution in [2.24, 2.45) is 0 Å². The minimum atomic E-state index is 0.641. The maximum Gasteiger partial charge on any atom is 0.180 e. The van der Waals surface area contributed by atoms with Gasteiger partial charge in [-0.3, -0.25) is 0 Å². The Kier molecular flexibility index (Phi) is 2.33. The lowest BCUT2D eigenvalue weighted by atomic mass is 10.0. The lowest BCUT2D eigenvalue weighted by Crippen LogP contribution is -1.99. The second-order valence-corrected chi connectivity index (χ2v) is 5.50. The summed E-state index contributed by atoms with van der Waals surface area (Å²) in [7, 11) is 0. The first-order valence-corrected chi connectivity index (χ1v) is 6.46. The summed E-state index contributed by atoms with van der Waals surface area (Å²) in [4.78, 5) is 5.68. The fraction of sp³-hybridized carbons (Fsp3) is 0.308. The van der Waals surface area contributed by atoms with Crippen molar-refractivity contribution in [3.63, 3.8) is 0 Å². The monoisotopic (exact) mass is 246 g/mol. The average Bonchev–Trinajstić information content (AvgIpc) is 2.54. The molecule has 0 fully saturated rings. The molecule has 2 N–H and O–H groups in total. The Morgan fingerprint density at radius 1 is 1.35 bits per heavy atom. The molecule has 0 unspecified atom stereocenters. The second-order valence-electron chi connectivity index (χ2n) is 4.38. The highest BCUT2D eigenvalue weighted by atomic mass is 32.1. The van der Waals surface area contributed by atoms with Crippen molar-refractivity contribution in [2.75, 3.05) is 12.3 Å². The molecule has 2 heterocycles. The van der Waals surface area contributed by atoms with Crippen molar-refractivity contribution < 1.29 is 4.74 Å². The van der Waals surface area contributed by atoms with E-state index in [1.54, 1.807) is 11.3 Å². The number of hydrogen-bond donors (Lipinski definition) is 1. The topological polar surface area (TPSA) is 48.1 Å². The normalized spacial score (nSPS) is 13.5. The molecule has 88 valence electrons. The van der Waals surface area contributed by atoms with E-state index >= 15 is 0 Å². The largest absolute Gasteiger partial charge is 0.492 e. The molecule has 0 bridgehead atoms. The van der Waals surface area contributed by atoms with Crippen molar-refractivity contribution in [3.8, 4) is 17.0 Å². The number of aromatic nitrogens is 1. The molecule has 3 rings (SSSR count). The van der Waals surface area contributed by atoms with Gasteiger partial charge in [0.2, 0.25) is 0 Å². The third-order valence-corrected chi connectivity index (χ3v) is 3.91. The Morgan fingerprint density at radius 3 is 3.00 bits per heavy atom. The summed E-state index contributed by atoms with van der Waals surface area (Å²) in [6.45, 7) is 4.87. The van der Waals surface area contributed by atoms with Crippen LogP contribution in [0.1, 0.15) is 16.0 Å². The summed E-state index contributed by atoms with van der Waals surface area (Å²) < 4.78 is 5.84. The maximum absolute atomic E-state index is 5.84. The molecular formula is C13H14N2OS. The highest BCUT2D eigenvalue weighted by Crippen LogP contribution is 2.40. The van der Waals surface area contributed by atoms with Crippen molar-refractivity contribution >= 4 is 16.5 Å². The lowest BCUT2D eigenvalue weighted by molar-refractivity contribution is 0.325. The van der Waals surface area contributed by atoms with Gasteiger partial charge >= 0.3 is 0 Å². The van der Waals surface area contributed by atoms with Crippen LogP contribution in [0.25, 0.3) is 11.3 Å². The number of rotatable bonds is 0. The van der Waals surface area contributed by atoms with Crippen LogP contribution in [0.3, 0.4) is 0 Å². The Bertz CT molecular complexity index is 589. The highest BCUT2D eigenvalue weighted by molar-refractivity contribution is 7.15. The number of anilines is 1. The number of nitrogens with zero attached hydrogens (tertiary/aromatic N) is 1. The molecule has 3 nitrogen and oxygen atoms in total. The zero-order chi connectivity index (χ0) is 12.0. The molecule has 1 aromatic carbocycles. The molecule has 1 aromatic heterocycles. The first-order chi connectivity index (χ1) is 8.15. The number of thiazole rings is 1. The number of nitrogens with two attached hydrogens (primary N) is 1. The second kappa shape index (κ2) is 3.74. The van der Waals surface area contributed by atoms with Crippen LogP contribution in [0, 0.1) is 13.8 Å². The van der Waals surface area contributed by atoms with Gasteiger partial charge in [0.05, 0.1) is 12.3 Å². The molecule has 1 aliphatic heterocycles. The Hall–Kier alpha value is -1.55. The number of aryl methyl sites for hydroxylation is 2. The predicted octanol–water partition coefficient (Wildman–Crippen LogP) is 2.94. The van der Waals surface area contributed by atoms with Crippen LogP contribution >= 0.6 is 11.3 Å². The van der Waals surface area contributed by atoms with Crippen LogP contribution in [-0.2, 0) is 6.42 Å². The first kappa shape index (κ1) is 10.6. The van der Waals surface area contributed by atoms with Crippen LogP contribution in [0.15, 0.2) is 12.1 Å². The predicted molar refractivity (Wildman–Crippen MR) is 70.6 cm³/mol. The van der Waals surface area contributed by atoms with E-state index in [0.717, 1.165) is 23.4 Å². The van der Waals surface area contributed by atoms with E-state index in [-0.39, 0.29) is 0 Å². The molecular weight excluding hydrogens is 232 g/mol.